The Labute approximate surface area is 206 Å². The van der Waals surface area contributed by atoms with Gasteiger partial charge >= 0.3 is 0 Å². The van der Waals surface area contributed by atoms with Gasteiger partial charge in [0.15, 0.2) is 0 Å². The van der Waals surface area contributed by atoms with Gasteiger partial charge in [-0.15, -0.1) is 23.5 Å². The first-order valence-electron chi connectivity index (χ1n) is 12.7. The van der Waals surface area contributed by atoms with Crippen LogP contribution in [0.1, 0.15) is 42.9 Å². The molecule has 4 aliphatic rings. The molecule has 1 amide bonds. The minimum atomic E-state index is 0.256. The van der Waals surface area contributed by atoms with E-state index in [-0.39, 0.29) is 12.0 Å². The quantitative estimate of drug-likeness (QED) is 0.576. The molecule has 2 bridgehead atoms. The lowest BCUT2D eigenvalue weighted by Gasteiger charge is -2.45. The van der Waals surface area contributed by atoms with E-state index in [1.807, 2.05) is 0 Å². The van der Waals surface area contributed by atoms with E-state index in [4.69, 9.17) is 0 Å². The summed E-state index contributed by atoms with van der Waals surface area (Å²) in [5, 5.41) is 0. The highest BCUT2D eigenvalue weighted by atomic mass is 32.2. The number of nitrogens with zero attached hydrogens (tertiary/aromatic N) is 2. The van der Waals surface area contributed by atoms with E-state index in [2.05, 4.69) is 94.0 Å². The first-order chi connectivity index (χ1) is 16.2. The average Bonchev–Trinajstić information content (AvgIpc) is 3.41. The highest BCUT2D eigenvalue weighted by Crippen LogP contribution is 2.66. The number of carbonyl (C=O) groups excluding carboxylic acids is 1. The van der Waals surface area contributed by atoms with Crippen LogP contribution in [-0.2, 0) is 4.79 Å². The Morgan fingerprint density at radius 2 is 1.30 bits per heavy atom. The number of thioether (sulfide) groups is 2. The standard InChI is InChI=1S/C28H34N2OS2/c31-27(23-19-24-11-12-25(20-23)28(24)32-17-18-33-28)30-15-13-29(14-16-30)26(21-7-3-1-4-8-21)22-9-5-2-6-10-22/h1-10,23-26H,11-20H2. The number of hydrogen-bond acceptors (Lipinski definition) is 4. The highest BCUT2D eigenvalue weighted by molar-refractivity contribution is 8.21. The van der Waals surface area contributed by atoms with Gasteiger partial charge in [0.1, 0.15) is 0 Å². The largest absolute Gasteiger partial charge is 0.340 e. The van der Waals surface area contributed by atoms with Crippen LogP contribution >= 0.6 is 23.5 Å². The van der Waals surface area contributed by atoms with Gasteiger partial charge in [-0.3, -0.25) is 9.69 Å². The lowest BCUT2D eigenvalue weighted by Crippen LogP contribution is -2.52. The maximum Gasteiger partial charge on any atom is 0.225 e. The van der Waals surface area contributed by atoms with Crippen molar-refractivity contribution in [3.8, 4) is 0 Å². The molecule has 2 saturated heterocycles. The SMILES string of the molecule is O=C(C1CC2CCC(C1)C21SCCS1)N1CCN(C(c2ccccc2)c2ccccc2)CC1. The third-order valence-corrected chi connectivity index (χ3v) is 12.5. The van der Waals surface area contributed by atoms with Crippen molar-refractivity contribution in [3.05, 3.63) is 71.8 Å². The summed E-state index contributed by atoms with van der Waals surface area (Å²) < 4.78 is 0.466. The molecule has 2 heterocycles. The van der Waals surface area contributed by atoms with E-state index in [1.54, 1.807) is 0 Å². The van der Waals surface area contributed by atoms with Crippen molar-refractivity contribution in [3.63, 3.8) is 0 Å². The van der Waals surface area contributed by atoms with Gasteiger partial charge in [-0.2, -0.15) is 0 Å². The van der Waals surface area contributed by atoms with E-state index in [1.165, 1.54) is 35.5 Å². The maximum atomic E-state index is 13.6. The summed E-state index contributed by atoms with van der Waals surface area (Å²) >= 11 is 4.45. The van der Waals surface area contributed by atoms with Crippen molar-refractivity contribution in [2.24, 2.45) is 17.8 Å². The van der Waals surface area contributed by atoms with Gasteiger partial charge in [0.05, 0.1) is 10.1 Å². The molecule has 0 aromatic heterocycles. The molecule has 33 heavy (non-hydrogen) atoms. The fraction of sp³-hybridized carbons (Fsp3) is 0.536. The molecule has 4 fully saturated rings. The maximum absolute atomic E-state index is 13.6. The lowest BCUT2D eigenvalue weighted by atomic mass is 9.79. The van der Waals surface area contributed by atoms with Crippen LogP contribution in [0.5, 0.6) is 0 Å². The van der Waals surface area contributed by atoms with Gasteiger partial charge in [0.2, 0.25) is 5.91 Å². The second-order valence-electron chi connectivity index (χ2n) is 10.1. The molecule has 1 spiro atoms. The molecule has 2 aromatic rings. The van der Waals surface area contributed by atoms with Crippen molar-refractivity contribution in [1.29, 1.82) is 0 Å². The molecule has 174 valence electrons. The number of amides is 1. The Bertz CT molecular complexity index is 899. The van der Waals surface area contributed by atoms with Gasteiger partial charge in [-0.05, 0) is 48.6 Å². The minimum absolute atomic E-state index is 0.256. The van der Waals surface area contributed by atoms with Crippen LogP contribution < -0.4 is 0 Å². The normalized spacial score (nSPS) is 29.1. The Kier molecular flexibility index (Phi) is 6.23. The van der Waals surface area contributed by atoms with Crippen LogP contribution in [0.4, 0.5) is 0 Å². The number of hydrogen-bond donors (Lipinski definition) is 0. The van der Waals surface area contributed by atoms with E-state index < -0.39 is 0 Å². The monoisotopic (exact) mass is 478 g/mol. The van der Waals surface area contributed by atoms with Crippen molar-refractivity contribution >= 4 is 29.4 Å². The van der Waals surface area contributed by atoms with Crippen LogP contribution in [-0.4, -0.2) is 57.5 Å². The molecule has 0 radical (unpaired) electrons. The Morgan fingerprint density at radius 1 is 0.788 bits per heavy atom. The second-order valence-corrected chi connectivity index (χ2v) is 13.1. The van der Waals surface area contributed by atoms with Crippen LogP contribution in [0.25, 0.3) is 0 Å². The number of carbonyl (C=O) groups is 1. The summed E-state index contributed by atoms with van der Waals surface area (Å²) in [7, 11) is 0. The summed E-state index contributed by atoms with van der Waals surface area (Å²) in [5.74, 6) is 4.84. The van der Waals surface area contributed by atoms with Crippen molar-refractivity contribution < 1.29 is 4.79 Å². The first-order valence-corrected chi connectivity index (χ1v) is 14.6. The van der Waals surface area contributed by atoms with Gasteiger partial charge in [0.25, 0.3) is 0 Å². The fourth-order valence-electron chi connectivity index (χ4n) is 6.95. The zero-order valence-corrected chi connectivity index (χ0v) is 20.9. The van der Waals surface area contributed by atoms with Gasteiger partial charge in [0, 0.05) is 43.6 Å². The molecule has 2 aliphatic heterocycles. The Morgan fingerprint density at radius 3 is 1.82 bits per heavy atom. The van der Waals surface area contributed by atoms with Gasteiger partial charge in [-0.1, -0.05) is 60.7 Å². The molecular weight excluding hydrogens is 444 g/mol. The van der Waals surface area contributed by atoms with Gasteiger partial charge in [-0.25, -0.2) is 0 Å². The van der Waals surface area contributed by atoms with Crippen molar-refractivity contribution in [2.45, 2.75) is 35.8 Å². The minimum Gasteiger partial charge on any atom is -0.340 e. The van der Waals surface area contributed by atoms with Crippen molar-refractivity contribution in [2.75, 3.05) is 37.7 Å². The van der Waals surface area contributed by atoms with Crippen LogP contribution in [0.3, 0.4) is 0 Å². The summed E-state index contributed by atoms with van der Waals surface area (Å²) in [6.45, 7) is 3.59. The number of piperazine rings is 1. The van der Waals surface area contributed by atoms with E-state index >= 15 is 0 Å². The zero-order chi connectivity index (χ0) is 22.3. The molecular formula is C28H34N2OS2. The van der Waals surface area contributed by atoms with Crippen molar-refractivity contribution in [1.82, 2.24) is 9.80 Å². The summed E-state index contributed by atoms with van der Waals surface area (Å²) in [5.41, 5.74) is 2.67. The Hall–Kier alpha value is -1.43. The van der Waals surface area contributed by atoms with E-state index in [0.29, 0.717) is 9.99 Å². The molecule has 2 saturated carbocycles. The molecule has 2 unspecified atom stereocenters. The molecule has 2 atom stereocenters. The fourth-order valence-corrected chi connectivity index (χ4v) is 10.9. The predicted molar refractivity (Wildman–Crippen MR) is 139 cm³/mol. The smallest absolute Gasteiger partial charge is 0.225 e. The lowest BCUT2D eigenvalue weighted by molar-refractivity contribution is -0.139. The van der Waals surface area contributed by atoms with Crippen LogP contribution in [0, 0.1) is 17.8 Å². The van der Waals surface area contributed by atoms with Crippen LogP contribution in [0.2, 0.25) is 0 Å². The molecule has 3 nitrogen and oxygen atoms in total. The summed E-state index contributed by atoms with van der Waals surface area (Å²) in [6, 6.07) is 21.9. The number of rotatable bonds is 4. The highest BCUT2D eigenvalue weighted by Gasteiger charge is 2.57. The number of benzene rings is 2. The van der Waals surface area contributed by atoms with E-state index in [0.717, 1.165) is 50.9 Å². The molecule has 0 N–H and O–H groups in total. The molecule has 2 aromatic carbocycles. The van der Waals surface area contributed by atoms with E-state index in [9.17, 15) is 4.79 Å². The third-order valence-electron chi connectivity index (χ3n) is 8.45. The molecule has 2 aliphatic carbocycles. The average molecular weight is 479 g/mol. The topological polar surface area (TPSA) is 23.6 Å². The van der Waals surface area contributed by atoms with Gasteiger partial charge < -0.3 is 4.90 Å². The van der Waals surface area contributed by atoms with Crippen LogP contribution in [0.15, 0.2) is 60.7 Å². The Balaban J connectivity index is 1.13. The molecule has 6 rings (SSSR count). The summed E-state index contributed by atoms with van der Waals surface area (Å²) in [6.07, 6.45) is 4.95. The third kappa shape index (κ3) is 4.04. The molecule has 5 heteroatoms. The zero-order valence-electron chi connectivity index (χ0n) is 19.3. The summed E-state index contributed by atoms with van der Waals surface area (Å²) in [4.78, 5) is 18.3. The second kappa shape index (κ2) is 9.31. The first kappa shape index (κ1) is 22.1. The predicted octanol–water partition coefficient (Wildman–Crippen LogP) is 5.53.